The van der Waals surface area contributed by atoms with Gasteiger partial charge in [0.15, 0.2) is 0 Å². The smallest absolute Gasteiger partial charge is 0.242 e. The molecule has 3 aromatic rings. The second-order valence-electron chi connectivity index (χ2n) is 7.21. The van der Waals surface area contributed by atoms with Crippen LogP contribution in [0.3, 0.4) is 0 Å². The topological polar surface area (TPSA) is 84.5 Å². The van der Waals surface area contributed by atoms with Gasteiger partial charge in [-0.2, -0.15) is 4.72 Å². The largest absolute Gasteiger partial charge is 0.497 e. The number of sulfonamides is 1. The van der Waals surface area contributed by atoms with Crippen molar-refractivity contribution in [2.24, 2.45) is 0 Å². The summed E-state index contributed by atoms with van der Waals surface area (Å²) in [5.41, 5.74) is 5.42. The van der Waals surface area contributed by atoms with Crippen LogP contribution in [0.1, 0.15) is 18.1 Å². The average molecular weight is 423 g/mol. The normalized spacial score (nSPS) is 13.3. The second-order valence-corrected chi connectivity index (χ2v) is 8.93. The van der Waals surface area contributed by atoms with Crippen molar-refractivity contribution in [3.05, 3.63) is 77.9 Å². The molecular weight excluding hydrogens is 400 g/mol. The van der Waals surface area contributed by atoms with E-state index in [1.807, 2.05) is 30.3 Å². The summed E-state index contributed by atoms with van der Waals surface area (Å²) in [5.74, 6) is 0.126. The predicted molar refractivity (Wildman–Crippen MR) is 116 cm³/mol. The van der Waals surface area contributed by atoms with Crippen molar-refractivity contribution < 1.29 is 17.9 Å². The number of carbonyl (C=O) groups excluding carboxylic acids is 1. The third-order valence-electron chi connectivity index (χ3n) is 5.16. The Bertz CT molecular complexity index is 1200. The standard InChI is InChI=1S/C23H22N2O4S/c1-15(25-30(27,28)20-10-8-19(29-2)9-11-20)23(26)24-18-7-12-22-17(14-18)13-16-5-3-4-6-21(16)22/h3-12,14-15,25H,13H2,1-2H3,(H,24,26)/t15-/m0/s1. The first kappa shape index (κ1) is 20.1. The highest BCUT2D eigenvalue weighted by molar-refractivity contribution is 7.89. The van der Waals surface area contributed by atoms with Gasteiger partial charge in [-0.25, -0.2) is 8.42 Å². The number of fused-ring (bicyclic) bond motifs is 3. The van der Waals surface area contributed by atoms with Gasteiger partial charge in [0.1, 0.15) is 5.75 Å². The maximum atomic E-state index is 12.6. The fourth-order valence-corrected chi connectivity index (χ4v) is 4.79. The molecule has 0 aromatic heterocycles. The molecule has 154 valence electrons. The fourth-order valence-electron chi connectivity index (χ4n) is 3.58. The molecule has 0 aliphatic heterocycles. The van der Waals surface area contributed by atoms with E-state index in [1.54, 1.807) is 12.1 Å². The van der Waals surface area contributed by atoms with Crippen LogP contribution in [0.2, 0.25) is 0 Å². The maximum absolute atomic E-state index is 12.6. The maximum Gasteiger partial charge on any atom is 0.242 e. The van der Waals surface area contributed by atoms with Crippen molar-refractivity contribution in [1.82, 2.24) is 4.72 Å². The third-order valence-corrected chi connectivity index (χ3v) is 6.71. The molecule has 3 aromatic carbocycles. The van der Waals surface area contributed by atoms with Gasteiger partial charge in [0, 0.05) is 5.69 Å². The molecule has 1 aliphatic rings. The molecule has 0 bridgehead atoms. The molecule has 0 spiro atoms. The van der Waals surface area contributed by atoms with E-state index in [0.29, 0.717) is 11.4 Å². The minimum atomic E-state index is -3.83. The van der Waals surface area contributed by atoms with Gasteiger partial charge < -0.3 is 10.1 Å². The summed E-state index contributed by atoms with van der Waals surface area (Å²) in [6.45, 7) is 1.51. The van der Waals surface area contributed by atoms with E-state index in [-0.39, 0.29) is 4.90 Å². The SMILES string of the molecule is COc1ccc(S(=O)(=O)N[C@@H](C)C(=O)Nc2ccc3c(c2)Cc2ccccc2-3)cc1. The first-order valence-corrected chi connectivity index (χ1v) is 11.0. The fraction of sp³-hybridized carbons (Fsp3) is 0.174. The number of anilines is 1. The lowest BCUT2D eigenvalue weighted by atomic mass is 10.1. The molecule has 4 rings (SSSR count). The summed E-state index contributed by atoms with van der Waals surface area (Å²) < 4.78 is 32.5. The van der Waals surface area contributed by atoms with Gasteiger partial charge in [-0.15, -0.1) is 0 Å². The monoisotopic (exact) mass is 422 g/mol. The zero-order valence-electron chi connectivity index (χ0n) is 16.7. The Balaban J connectivity index is 1.44. The molecule has 0 saturated carbocycles. The average Bonchev–Trinajstić information content (AvgIpc) is 3.11. The summed E-state index contributed by atoms with van der Waals surface area (Å²) >= 11 is 0. The summed E-state index contributed by atoms with van der Waals surface area (Å²) in [6.07, 6.45) is 0.814. The Morgan fingerprint density at radius 2 is 1.67 bits per heavy atom. The summed E-state index contributed by atoms with van der Waals surface area (Å²) in [4.78, 5) is 12.7. The van der Waals surface area contributed by atoms with Crippen LogP contribution in [0.5, 0.6) is 5.75 Å². The Kier molecular flexibility index (Phi) is 5.32. The number of nitrogens with one attached hydrogen (secondary N) is 2. The van der Waals surface area contributed by atoms with Gasteiger partial charge in [-0.3, -0.25) is 4.79 Å². The lowest BCUT2D eigenvalue weighted by Crippen LogP contribution is -2.41. The number of rotatable bonds is 6. The van der Waals surface area contributed by atoms with Crippen LogP contribution in [0.4, 0.5) is 5.69 Å². The van der Waals surface area contributed by atoms with Gasteiger partial charge in [0.2, 0.25) is 15.9 Å². The zero-order valence-corrected chi connectivity index (χ0v) is 17.5. The molecule has 0 unspecified atom stereocenters. The van der Waals surface area contributed by atoms with Gasteiger partial charge >= 0.3 is 0 Å². The van der Waals surface area contributed by atoms with E-state index in [0.717, 1.165) is 17.5 Å². The van der Waals surface area contributed by atoms with Crippen molar-refractivity contribution in [3.8, 4) is 16.9 Å². The van der Waals surface area contributed by atoms with Crippen LogP contribution in [0, 0.1) is 0 Å². The minimum absolute atomic E-state index is 0.0678. The molecule has 2 N–H and O–H groups in total. The quantitative estimate of drug-likeness (QED) is 0.498. The lowest BCUT2D eigenvalue weighted by Gasteiger charge is -2.15. The van der Waals surface area contributed by atoms with Crippen molar-refractivity contribution in [3.63, 3.8) is 0 Å². The highest BCUT2D eigenvalue weighted by atomic mass is 32.2. The van der Waals surface area contributed by atoms with E-state index in [4.69, 9.17) is 4.74 Å². The third kappa shape index (κ3) is 3.94. The second kappa shape index (κ2) is 7.93. The van der Waals surface area contributed by atoms with Crippen molar-refractivity contribution in [2.75, 3.05) is 12.4 Å². The summed E-state index contributed by atoms with van der Waals surface area (Å²) in [5, 5.41) is 2.80. The summed E-state index contributed by atoms with van der Waals surface area (Å²) in [6, 6.07) is 19.0. The Hall–Kier alpha value is -3.16. The number of hydrogen-bond acceptors (Lipinski definition) is 4. The molecule has 0 heterocycles. The Morgan fingerprint density at radius 1 is 0.967 bits per heavy atom. The number of carbonyl (C=O) groups is 1. The predicted octanol–water partition coefficient (Wildman–Crippen LogP) is 3.57. The van der Waals surface area contributed by atoms with E-state index in [9.17, 15) is 13.2 Å². The van der Waals surface area contributed by atoms with E-state index >= 15 is 0 Å². The molecule has 0 radical (unpaired) electrons. The lowest BCUT2D eigenvalue weighted by molar-refractivity contribution is -0.117. The molecule has 0 saturated heterocycles. The van der Waals surface area contributed by atoms with Gasteiger partial charge in [0.05, 0.1) is 18.0 Å². The number of amides is 1. The molecule has 6 nitrogen and oxygen atoms in total. The Morgan fingerprint density at radius 3 is 2.40 bits per heavy atom. The molecule has 1 atom stereocenters. The number of benzene rings is 3. The van der Waals surface area contributed by atoms with Crippen LogP contribution in [-0.4, -0.2) is 27.5 Å². The Labute approximate surface area is 176 Å². The van der Waals surface area contributed by atoms with E-state index in [1.165, 1.54) is 37.3 Å². The van der Waals surface area contributed by atoms with Crippen LogP contribution in [0.25, 0.3) is 11.1 Å². The number of ether oxygens (including phenoxy) is 1. The van der Waals surface area contributed by atoms with Crippen LogP contribution >= 0.6 is 0 Å². The van der Waals surface area contributed by atoms with Gasteiger partial charge in [0.25, 0.3) is 0 Å². The molecule has 1 amide bonds. The van der Waals surface area contributed by atoms with Crippen molar-refractivity contribution in [2.45, 2.75) is 24.3 Å². The number of methoxy groups -OCH3 is 1. The van der Waals surface area contributed by atoms with Crippen LogP contribution in [-0.2, 0) is 21.2 Å². The first-order valence-electron chi connectivity index (χ1n) is 9.56. The highest BCUT2D eigenvalue weighted by Gasteiger charge is 2.23. The van der Waals surface area contributed by atoms with Crippen LogP contribution < -0.4 is 14.8 Å². The number of hydrogen-bond donors (Lipinski definition) is 2. The molecule has 30 heavy (non-hydrogen) atoms. The first-order chi connectivity index (χ1) is 14.4. The molecule has 7 heteroatoms. The van der Waals surface area contributed by atoms with E-state index in [2.05, 4.69) is 22.2 Å². The highest BCUT2D eigenvalue weighted by Crippen LogP contribution is 2.37. The summed E-state index contributed by atoms with van der Waals surface area (Å²) in [7, 11) is -2.33. The van der Waals surface area contributed by atoms with E-state index < -0.39 is 22.0 Å². The molecular formula is C23H22N2O4S. The molecule has 1 aliphatic carbocycles. The van der Waals surface area contributed by atoms with Gasteiger partial charge in [-0.05, 0) is 72.0 Å². The van der Waals surface area contributed by atoms with Crippen molar-refractivity contribution in [1.29, 1.82) is 0 Å². The van der Waals surface area contributed by atoms with Crippen molar-refractivity contribution >= 4 is 21.6 Å². The zero-order chi connectivity index (χ0) is 21.3. The molecule has 0 fully saturated rings. The minimum Gasteiger partial charge on any atom is -0.497 e. The van der Waals surface area contributed by atoms with Crippen LogP contribution in [0.15, 0.2) is 71.6 Å². The van der Waals surface area contributed by atoms with Gasteiger partial charge in [-0.1, -0.05) is 30.3 Å².